The van der Waals surface area contributed by atoms with Crippen LogP contribution >= 0.6 is 0 Å². The molecule has 0 amide bonds. The largest absolute Gasteiger partial charge is 0.481 e. The maximum atomic E-state index is 13.8. The number of aliphatic carboxylic acids is 1. The number of nitrogens with zero attached hydrogens (tertiary/aromatic N) is 4. The lowest BCUT2D eigenvalue weighted by Crippen LogP contribution is -2.67. The van der Waals surface area contributed by atoms with E-state index in [4.69, 9.17) is 18.9 Å². The predicted molar refractivity (Wildman–Crippen MR) is 257 cm³/mol. The molecule has 382 valence electrons. The van der Waals surface area contributed by atoms with Crippen LogP contribution in [0.4, 0.5) is 0 Å². The number of aryl methyl sites for hydroxylation is 1. The highest BCUT2D eigenvalue weighted by molar-refractivity contribution is 5.81. The molecule has 0 aromatic carbocycles. The number of allylic oxidation sites excluding steroid dienone is 1. The van der Waals surface area contributed by atoms with Crippen molar-refractivity contribution in [3.05, 3.63) is 55.2 Å². The third-order valence-corrected chi connectivity index (χ3v) is 19.7. The van der Waals surface area contributed by atoms with Gasteiger partial charge in [-0.15, -0.1) is 0 Å². The van der Waals surface area contributed by atoms with Gasteiger partial charge < -0.3 is 24.1 Å². The highest BCUT2D eigenvalue weighted by Gasteiger charge is 2.71. The molecule has 5 aliphatic carbocycles. The van der Waals surface area contributed by atoms with Gasteiger partial charge in [-0.25, -0.2) is 4.79 Å². The van der Waals surface area contributed by atoms with E-state index in [1.165, 1.54) is 16.3 Å². The van der Waals surface area contributed by atoms with Gasteiger partial charge in [-0.3, -0.25) is 33.5 Å². The topological polar surface area (TPSA) is 229 Å². The number of carbonyl (C=O) groups excluding carboxylic acids is 3. The molecule has 1 aromatic heterocycles. The summed E-state index contributed by atoms with van der Waals surface area (Å²) >= 11 is 0. The summed E-state index contributed by atoms with van der Waals surface area (Å²) in [5.74, 6) is -0.410. The van der Waals surface area contributed by atoms with Gasteiger partial charge in [0.25, 0.3) is 5.56 Å². The minimum Gasteiger partial charge on any atom is -0.481 e. The van der Waals surface area contributed by atoms with E-state index in [0.29, 0.717) is 41.8 Å². The summed E-state index contributed by atoms with van der Waals surface area (Å²) < 4.78 is 25.4. The molecule has 7 rings (SSSR count). The molecule has 1 aromatic rings. The van der Waals surface area contributed by atoms with Crippen molar-refractivity contribution in [2.75, 3.05) is 13.2 Å². The maximum absolute atomic E-state index is 13.8. The first-order chi connectivity index (χ1) is 32.0. The highest BCUT2D eigenvalue weighted by atomic mass is 16.6. The van der Waals surface area contributed by atoms with Crippen LogP contribution in [0.25, 0.3) is 10.4 Å². The minimum absolute atomic E-state index is 0.0158. The smallest absolute Gasteiger partial charge is 0.330 e. The lowest BCUT2D eigenvalue weighted by atomic mass is 9.32. The second-order valence-electron chi connectivity index (χ2n) is 25.2. The Morgan fingerprint density at radius 3 is 2.23 bits per heavy atom. The van der Waals surface area contributed by atoms with Crippen molar-refractivity contribution in [3.63, 3.8) is 0 Å². The Kier molecular flexibility index (Phi) is 14.1. The van der Waals surface area contributed by atoms with E-state index in [1.807, 2.05) is 13.8 Å². The molecule has 6 aliphatic rings. The van der Waals surface area contributed by atoms with Crippen LogP contribution in [0.5, 0.6) is 0 Å². The second kappa shape index (κ2) is 18.6. The predicted octanol–water partition coefficient (Wildman–Crippen LogP) is 9.77. The van der Waals surface area contributed by atoms with E-state index < -0.39 is 58.4 Å². The molecule has 1 aliphatic heterocycles. The van der Waals surface area contributed by atoms with Crippen LogP contribution in [0.3, 0.4) is 0 Å². The molecule has 5 saturated carbocycles. The Labute approximate surface area is 407 Å². The van der Waals surface area contributed by atoms with Gasteiger partial charge in [0, 0.05) is 33.9 Å². The molecule has 1 unspecified atom stereocenters. The van der Waals surface area contributed by atoms with Gasteiger partial charge in [-0.1, -0.05) is 65.7 Å². The third kappa shape index (κ3) is 9.46. The average Bonchev–Trinajstić information content (AvgIpc) is 3.83. The van der Waals surface area contributed by atoms with E-state index in [0.717, 1.165) is 64.2 Å². The molecule has 0 spiro atoms. The van der Waals surface area contributed by atoms with Crippen molar-refractivity contribution in [2.24, 2.45) is 72.6 Å². The van der Waals surface area contributed by atoms with E-state index in [9.17, 15) is 39.4 Å². The molecule has 0 bridgehead atoms. The summed E-state index contributed by atoms with van der Waals surface area (Å²) in [6.45, 7) is 27.4. The number of carboxylic acids is 1. The Morgan fingerprint density at radius 1 is 0.899 bits per heavy atom. The van der Waals surface area contributed by atoms with Gasteiger partial charge in [0.2, 0.25) is 0 Å². The molecule has 6 fully saturated rings. The van der Waals surface area contributed by atoms with Crippen LogP contribution in [-0.2, 0) is 38.1 Å². The van der Waals surface area contributed by atoms with Crippen molar-refractivity contribution in [3.8, 4) is 0 Å². The number of azide groups is 1. The number of hydrogen-bond donors (Lipinski definition) is 2. The molecule has 69 heavy (non-hydrogen) atoms. The number of aromatic amines is 1. The molecular formula is C53H79N5O11. The number of rotatable bonds is 15. The summed E-state index contributed by atoms with van der Waals surface area (Å²) in [4.78, 5) is 81.7. The molecule has 0 radical (unpaired) electrons. The Balaban J connectivity index is 0.984. The number of esters is 3. The highest BCUT2D eigenvalue weighted by Crippen LogP contribution is 2.77. The van der Waals surface area contributed by atoms with E-state index in [2.05, 4.69) is 63.1 Å². The summed E-state index contributed by atoms with van der Waals surface area (Å²) in [5.41, 5.74) is 7.31. The molecule has 13 atom stereocenters. The summed E-state index contributed by atoms with van der Waals surface area (Å²) in [5, 5.41) is 13.5. The Morgan fingerprint density at radius 2 is 1.58 bits per heavy atom. The number of fused-ring (bicyclic) bond motifs is 7. The fourth-order valence-electron chi connectivity index (χ4n) is 15.7. The van der Waals surface area contributed by atoms with E-state index in [1.54, 1.807) is 20.8 Å². The summed E-state index contributed by atoms with van der Waals surface area (Å²) in [7, 11) is 0. The third-order valence-electron chi connectivity index (χ3n) is 19.7. The van der Waals surface area contributed by atoms with Gasteiger partial charge in [0.05, 0.1) is 37.3 Å². The zero-order chi connectivity index (χ0) is 50.9. The first kappa shape index (κ1) is 52.4. The quantitative estimate of drug-likeness (QED) is 0.0420. The van der Waals surface area contributed by atoms with Gasteiger partial charge in [-0.2, -0.15) is 0 Å². The average molecular weight is 962 g/mol. The summed E-state index contributed by atoms with van der Waals surface area (Å²) in [6.07, 6.45) is 9.47. The van der Waals surface area contributed by atoms with Gasteiger partial charge in [-0.05, 0) is 149 Å². The number of nitrogens with one attached hydrogen (secondary N) is 1. The SMILES string of the molecule is C=C(C)[C@@H]1CC[C@]2(COC(=O)CC(C)(C)CC(=O)OC[C@H]3O[C@@H](n4cc(C)c(=O)[nH]c4=O)CC3N=[N+]=[N-])CC[C@]3(C)[C@H](CC[C@@H]4[C@@]5(C)CC[C@H](OC(=O)CC(C)(C)C(=O)O)C(C)(C)[C@@H]5CC[C@]43C)[C@@H]12. The fourth-order valence-corrected chi connectivity index (χ4v) is 15.7. The normalized spacial score (nSPS) is 36.9. The van der Waals surface area contributed by atoms with Crippen molar-refractivity contribution in [1.82, 2.24) is 9.55 Å². The molecule has 1 saturated heterocycles. The van der Waals surface area contributed by atoms with Crippen molar-refractivity contribution in [1.29, 1.82) is 0 Å². The first-order valence-corrected chi connectivity index (χ1v) is 25.5. The van der Waals surface area contributed by atoms with Crippen LogP contribution in [0.2, 0.25) is 0 Å². The lowest BCUT2D eigenvalue weighted by molar-refractivity contribution is -0.252. The first-order valence-electron chi connectivity index (χ1n) is 25.5. The van der Waals surface area contributed by atoms with E-state index >= 15 is 0 Å². The number of H-pyrrole nitrogens is 1. The summed E-state index contributed by atoms with van der Waals surface area (Å²) in [6, 6.07) is -0.725. The maximum Gasteiger partial charge on any atom is 0.330 e. The number of ether oxygens (including phenoxy) is 4. The Hall–Kier alpha value is -4.43. The van der Waals surface area contributed by atoms with Crippen molar-refractivity contribution >= 4 is 23.9 Å². The van der Waals surface area contributed by atoms with Crippen molar-refractivity contribution < 1.29 is 43.2 Å². The lowest BCUT2D eigenvalue weighted by Gasteiger charge is -2.73. The molecule has 2 N–H and O–H groups in total. The van der Waals surface area contributed by atoms with Gasteiger partial charge in [0.15, 0.2) is 0 Å². The molecule has 16 heteroatoms. The number of aromatic nitrogens is 2. The van der Waals surface area contributed by atoms with Crippen molar-refractivity contribution in [2.45, 2.75) is 191 Å². The fraction of sp³-hybridized carbons (Fsp3) is 0.811. The monoisotopic (exact) mass is 962 g/mol. The van der Waals surface area contributed by atoms with Crippen LogP contribution in [0.1, 0.15) is 171 Å². The van der Waals surface area contributed by atoms with E-state index in [-0.39, 0.29) is 71.4 Å². The van der Waals surface area contributed by atoms with Crippen LogP contribution in [0, 0.1) is 74.4 Å². The number of carbonyl (C=O) groups is 4. The van der Waals surface area contributed by atoms with Crippen LogP contribution < -0.4 is 11.2 Å². The standard InChI is InChI=1S/C53H79N5O11/c1-30(2)32-15-20-53(29-67-41(60)25-47(4,5)24-40(59)66-28-35-34(56-57-54)23-39(68-35)58-27-31(3)44(62)55-46(58)65)22-21-51(11)33(43(32)53)13-14-37-50(10)18-17-38(69-42(61)26-48(6,7)45(63)64)49(8,9)36(50)16-19-52(37,51)12/h27,32-39,43H,1,13-26,28-29H2,2-12H3,(H,63,64)(H,55,62,65)/t32-,33+,34?,35+,36-,37+,38-,39+,43+,50-,51+,52+,53+/m0/s1. The molecule has 16 nitrogen and oxygen atoms in total. The second-order valence-corrected chi connectivity index (χ2v) is 25.2. The zero-order valence-corrected chi connectivity index (χ0v) is 43.1. The van der Waals surface area contributed by atoms with Gasteiger partial charge in [0.1, 0.15) is 25.0 Å². The van der Waals surface area contributed by atoms with Gasteiger partial charge >= 0.3 is 29.6 Å². The van der Waals surface area contributed by atoms with Crippen LogP contribution in [-0.4, -0.2) is 70.0 Å². The minimum atomic E-state index is -1.19. The Bertz CT molecular complexity index is 2380. The molecular weight excluding hydrogens is 883 g/mol. The zero-order valence-electron chi connectivity index (χ0n) is 43.1. The molecule has 2 heterocycles. The number of hydrogen-bond acceptors (Lipinski definition) is 11. The van der Waals surface area contributed by atoms with Crippen LogP contribution in [0.15, 0.2) is 33.1 Å². The number of carboxylic acid groups (broad SMARTS) is 1.